The highest BCUT2D eigenvalue weighted by Crippen LogP contribution is 2.34. The Kier molecular flexibility index (Phi) is 6.08. The predicted octanol–water partition coefficient (Wildman–Crippen LogP) is 6.83. The lowest BCUT2D eigenvalue weighted by molar-refractivity contribution is -0.137. The van der Waals surface area contributed by atoms with Gasteiger partial charge in [-0.05, 0) is 52.9 Å². The molecule has 0 bridgehead atoms. The zero-order chi connectivity index (χ0) is 26.3. The summed E-state index contributed by atoms with van der Waals surface area (Å²) < 4.78 is 39.6. The topological polar surface area (TPSA) is 49.0 Å². The number of nitrogens with one attached hydrogen (secondary N) is 1. The highest BCUT2D eigenvalue weighted by atomic mass is 19.4. The van der Waals surface area contributed by atoms with Crippen LogP contribution >= 0.6 is 0 Å². The number of H-pyrrole nitrogens is 1. The molecule has 3 heterocycles. The molecular formula is C31H24F3N3O. The van der Waals surface area contributed by atoms with Gasteiger partial charge in [0.1, 0.15) is 0 Å². The molecule has 0 amide bonds. The Hall–Kier alpha value is -4.23. The molecule has 6 rings (SSSR count). The smallest absolute Gasteiger partial charge is 0.328 e. The van der Waals surface area contributed by atoms with Crippen LogP contribution in [0.1, 0.15) is 22.3 Å². The van der Waals surface area contributed by atoms with Gasteiger partial charge in [-0.25, -0.2) is 4.98 Å². The third-order valence-corrected chi connectivity index (χ3v) is 7.10. The Labute approximate surface area is 217 Å². The molecule has 0 radical (unpaired) electrons. The highest BCUT2D eigenvalue weighted by molar-refractivity contribution is 5.91. The van der Waals surface area contributed by atoms with Gasteiger partial charge in [-0.2, -0.15) is 13.2 Å². The lowest BCUT2D eigenvalue weighted by Crippen LogP contribution is -2.30. The van der Waals surface area contributed by atoms with Gasteiger partial charge in [-0.1, -0.05) is 60.7 Å². The Morgan fingerprint density at radius 3 is 2.42 bits per heavy atom. The van der Waals surface area contributed by atoms with E-state index < -0.39 is 11.7 Å². The summed E-state index contributed by atoms with van der Waals surface area (Å²) in [6.07, 6.45) is -2.01. The molecule has 2 aromatic heterocycles. The fraction of sp³-hybridized carbons (Fsp3) is 0.161. The molecule has 4 nitrogen and oxygen atoms in total. The number of pyridine rings is 2. The molecule has 0 unspecified atom stereocenters. The highest BCUT2D eigenvalue weighted by Gasteiger charge is 2.31. The van der Waals surface area contributed by atoms with Gasteiger partial charge in [0.15, 0.2) is 0 Å². The van der Waals surface area contributed by atoms with Crippen molar-refractivity contribution >= 4 is 10.9 Å². The second kappa shape index (κ2) is 9.58. The first-order valence-corrected chi connectivity index (χ1v) is 12.4. The average molecular weight is 512 g/mol. The van der Waals surface area contributed by atoms with Crippen molar-refractivity contribution in [3.63, 3.8) is 0 Å². The lowest BCUT2D eigenvalue weighted by Gasteiger charge is -2.29. The summed E-state index contributed by atoms with van der Waals surface area (Å²) in [5.41, 5.74) is 6.19. The molecule has 7 heteroatoms. The molecule has 3 aromatic carbocycles. The summed E-state index contributed by atoms with van der Waals surface area (Å²) in [4.78, 5) is 22.2. The molecule has 0 saturated carbocycles. The summed E-state index contributed by atoms with van der Waals surface area (Å²) in [7, 11) is 0. The van der Waals surface area contributed by atoms with E-state index >= 15 is 0 Å². The average Bonchev–Trinajstić information content (AvgIpc) is 2.93. The fourth-order valence-corrected chi connectivity index (χ4v) is 5.12. The van der Waals surface area contributed by atoms with E-state index in [9.17, 15) is 18.0 Å². The van der Waals surface area contributed by atoms with Crippen molar-refractivity contribution in [1.29, 1.82) is 0 Å². The zero-order valence-corrected chi connectivity index (χ0v) is 20.4. The van der Waals surface area contributed by atoms with Gasteiger partial charge >= 0.3 is 6.18 Å². The number of rotatable bonds is 4. The Morgan fingerprint density at radius 2 is 1.66 bits per heavy atom. The second-order valence-corrected chi connectivity index (χ2v) is 9.63. The minimum absolute atomic E-state index is 0.181. The lowest BCUT2D eigenvalue weighted by atomic mass is 9.96. The van der Waals surface area contributed by atoms with Crippen molar-refractivity contribution in [3.8, 4) is 22.4 Å². The van der Waals surface area contributed by atoms with E-state index in [1.165, 1.54) is 12.1 Å². The number of aromatic nitrogens is 2. The van der Waals surface area contributed by atoms with E-state index in [2.05, 4.69) is 9.88 Å². The summed E-state index contributed by atoms with van der Waals surface area (Å²) >= 11 is 0. The molecule has 1 aliphatic heterocycles. The first kappa shape index (κ1) is 24.1. The maximum Gasteiger partial charge on any atom is 0.416 e. The molecular weight excluding hydrogens is 487 g/mol. The number of halogens is 3. The summed E-state index contributed by atoms with van der Waals surface area (Å²) in [5, 5.41) is 0.533. The molecule has 1 N–H and O–H groups in total. The predicted molar refractivity (Wildman–Crippen MR) is 142 cm³/mol. The molecule has 0 spiro atoms. The molecule has 190 valence electrons. The van der Waals surface area contributed by atoms with Crippen LogP contribution in [0.15, 0.2) is 95.9 Å². The monoisotopic (exact) mass is 511 g/mol. The van der Waals surface area contributed by atoms with Crippen LogP contribution in [0.2, 0.25) is 0 Å². The zero-order valence-electron chi connectivity index (χ0n) is 20.4. The van der Waals surface area contributed by atoms with Crippen molar-refractivity contribution in [2.45, 2.75) is 25.7 Å². The molecule has 0 saturated heterocycles. The second-order valence-electron chi connectivity index (χ2n) is 9.63. The number of benzene rings is 3. The van der Waals surface area contributed by atoms with Crippen LogP contribution in [-0.4, -0.2) is 21.4 Å². The number of fused-ring (bicyclic) bond motifs is 2. The van der Waals surface area contributed by atoms with Gasteiger partial charge in [0, 0.05) is 37.0 Å². The Balaban J connectivity index is 1.29. The van der Waals surface area contributed by atoms with E-state index in [0.717, 1.165) is 52.0 Å². The number of nitrogens with zero attached hydrogens (tertiary/aromatic N) is 2. The van der Waals surface area contributed by atoms with Crippen molar-refractivity contribution in [1.82, 2.24) is 14.9 Å². The van der Waals surface area contributed by atoms with E-state index in [4.69, 9.17) is 4.98 Å². The van der Waals surface area contributed by atoms with Gasteiger partial charge in [-0.3, -0.25) is 9.69 Å². The van der Waals surface area contributed by atoms with Gasteiger partial charge in [-0.15, -0.1) is 0 Å². The molecule has 0 aliphatic carbocycles. The largest absolute Gasteiger partial charge is 0.416 e. The molecule has 0 atom stereocenters. The number of aromatic amines is 1. The fourth-order valence-electron chi connectivity index (χ4n) is 5.12. The van der Waals surface area contributed by atoms with Crippen LogP contribution in [0.3, 0.4) is 0 Å². The van der Waals surface area contributed by atoms with E-state index in [1.807, 2.05) is 60.7 Å². The Bertz CT molecular complexity index is 1680. The third kappa shape index (κ3) is 4.73. The first-order chi connectivity index (χ1) is 18.3. The first-order valence-electron chi connectivity index (χ1n) is 12.4. The standard InChI is InChI=1S/C31H24F3N3O/c32-31(33,34)25-11-10-21-13-15-37(19-24(21)16-25)18-20-6-8-23(9-7-20)29-26(22-4-2-1-3-5-22)17-27-28(36-29)12-14-35-30(27)38/h1-12,14,16-17H,13,15,18-19H2,(H,35,38). The van der Waals surface area contributed by atoms with Gasteiger partial charge < -0.3 is 4.98 Å². The summed E-state index contributed by atoms with van der Waals surface area (Å²) in [6.45, 7) is 1.92. The van der Waals surface area contributed by atoms with Gasteiger partial charge in [0.2, 0.25) is 0 Å². The molecule has 5 aromatic rings. The Morgan fingerprint density at radius 1 is 0.868 bits per heavy atom. The maximum atomic E-state index is 13.2. The molecule has 38 heavy (non-hydrogen) atoms. The van der Waals surface area contributed by atoms with E-state index in [-0.39, 0.29) is 5.56 Å². The summed E-state index contributed by atoms with van der Waals surface area (Å²) in [6, 6.07) is 25.7. The number of hydrogen-bond donors (Lipinski definition) is 1. The minimum atomic E-state index is -4.34. The van der Waals surface area contributed by atoms with Crippen LogP contribution in [-0.2, 0) is 25.7 Å². The van der Waals surface area contributed by atoms with Crippen molar-refractivity contribution in [3.05, 3.63) is 124 Å². The number of hydrogen-bond acceptors (Lipinski definition) is 3. The minimum Gasteiger partial charge on any atom is -0.328 e. The van der Waals surface area contributed by atoms with Crippen molar-refractivity contribution < 1.29 is 13.2 Å². The third-order valence-electron chi connectivity index (χ3n) is 7.10. The van der Waals surface area contributed by atoms with Crippen molar-refractivity contribution in [2.75, 3.05) is 6.54 Å². The van der Waals surface area contributed by atoms with Crippen LogP contribution < -0.4 is 5.56 Å². The van der Waals surface area contributed by atoms with E-state index in [0.29, 0.717) is 24.0 Å². The molecule has 0 fully saturated rings. The van der Waals surface area contributed by atoms with Crippen LogP contribution in [0, 0.1) is 0 Å². The van der Waals surface area contributed by atoms with Gasteiger partial charge in [0.05, 0.1) is 22.2 Å². The van der Waals surface area contributed by atoms with Gasteiger partial charge in [0.25, 0.3) is 5.56 Å². The summed E-state index contributed by atoms with van der Waals surface area (Å²) in [5.74, 6) is 0. The number of alkyl halides is 3. The normalized spacial score (nSPS) is 14.0. The van der Waals surface area contributed by atoms with Crippen LogP contribution in [0.25, 0.3) is 33.3 Å². The quantitative estimate of drug-likeness (QED) is 0.288. The maximum absolute atomic E-state index is 13.2. The SMILES string of the molecule is O=c1[nH]ccc2nc(-c3ccc(CN4CCc5ccc(C(F)(F)F)cc5C4)cc3)c(-c3ccccc3)cc12. The van der Waals surface area contributed by atoms with Crippen molar-refractivity contribution in [2.24, 2.45) is 0 Å². The van der Waals surface area contributed by atoms with Crippen LogP contribution in [0.5, 0.6) is 0 Å². The van der Waals surface area contributed by atoms with Crippen LogP contribution in [0.4, 0.5) is 13.2 Å². The molecule has 1 aliphatic rings. The van der Waals surface area contributed by atoms with E-state index in [1.54, 1.807) is 18.3 Å².